The van der Waals surface area contributed by atoms with Gasteiger partial charge < -0.3 is 26.1 Å². The highest BCUT2D eigenvalue weighted by atomic mass is 16.4. The van der Waals surface area contributed by atoms with E-state index < -0.39 is 0 Å². The van der Waals surface area contributed by atoms with Crippen LogP contribution in [0.25, 0.3) is 22.0 Å². The van der Waals surface area contributed by atoms with E-state index in [0.29, 0.717) is 30.3 Å². The number of oxime groups is 1. The Bertz CT molecular complexity index is 1400. The molecule has 0 atom stereocenters. The monoisotopic (exact) mass is 495 g/mol. The van der Waals surface area contributed by atoms with Gasteiger partial charge in [-0.2, -0.15) is 0 Å². The number of aromatic nitrogens is 1. The molecule has 1 aromatic heterocycles. The van der Waals surface area contributed by atoms with Crippen LogP contribution >= 0.6 is 0 Å². The maximum atomic E-state index is 13.8. The molecule has 2 heterocycles. The minimum Gasteiger partial charge on any atom is -0.409 e. The predicted molar refractivity (Wildman–Crippen MR) is 148 cm³/mol. The van der Waals surface area contributed by atoms with Crippen molar-refractivity contribution in [2.75, 3.05) is 19.6 Å². The highest BCUT2D eigenvalue weighted by Gasteiger charge is 2.26. The number of rotatable bonds is 7. The molecular weight excluding hydrogens is 462 g/mol. The van der Waals surface area contributed by atoms with E-state index in [9.17, 15) is 10.0 Å². The van der Waals surface area contributed by atoms with Gasteiger partial charge in [0, 0.05) is 36.1 Å². The Hall–Kier alpha value is -4.10. The smallest absolute Gasteiger partial charge is 0.270 e. The molecule has 1 aliphatic heterocycles. The van der Waals surface area contributed by atoms with Gasteiger partial charge in [-0.1, -0.05) is 71.9 Å². The van der Waals surface area contributed by atoms with E-state index in [1.54, 1.807) is 0 Å². The minimum atomic E-state index is 0.0358. The largest absolute Gasteiger partial charge is 0.409 e. The second-order valence-electron chi connectivity index (χ2n) is 9.75. The number of amides is 1. The molecular formula is C30H33N5O2. The van der Waals surface area contributed by atoms with E-state index in [1.165, 1.54) is 0 Å². The molecule has 0 spiro atoms. The molecule has 1 fully saturated rings. The Kier molecular flexibility index (Phi) is 7.23. The van der Waals surface area contributed by atoms with Crippen molar-refractivity contribution >= 4 is 22.6 Å². The van der Waals surface area contributed by atoms with Crippen molar-refractivity contribution in [1.82, 2.24) is 9.47 Å². The normalized spacial score (nSPS) is 14.8. The third-order valence-electron chi connectivity index (χ3n) is 7.41. The highest BCUT2D eigenvalue weighted by molar-refractivity contribution is 6.03. The molecule has 1 saturated heterocycles. The number of amidine groups is 1. The molecule has 0 aliphatic carbocycles. The van der Waals surface area contributed by atoms with Gasteiger partial charge in [-0.05, 0) is 60.5 Å². The van der Waals surface area contributed by atoms with Crippen molar-refractivity contribution in [2.24, 2.45) is 22.5 Å². The fourth-order valence-corrected chi connectivity index (χ4v) is 5.26. The average molecular weight is 496 g/mol. The number of carbonyl (C=O) groups is 1. The van der Waals surface area contributed by atoms with Gasteiger partial charge in [-0.15, -0.1) is 0 Å². The van der Waals surface area contributed by atoms with Crippen LogP contribution in [0, 0.1) is 5.92 Å². The number of carbonyl (C=O) groups excluding carboxylic acids is 1. The Balaban J connectivity index is 1.49. The van der Waals surface area contributed by atoms with Crippen LogP contribution in [0.15, 0.2) is 84.0 Å². The molecule has 4 aromatic rings. The van der Waals surface area contributed by atoms with Crippen LogP contribution in [0.3, 0.4) is 0 Å². The van der Waals surface area contributed by atoms with Crippen LogP contribution in [0.1, 0.15) is 40.9 Å². The van der Waals surface area contributed by atoms with Crippen molar-refractivity contribution in [3.63, 3.8) is 0 Å². The molecule has 7 heteroatoms. The van der Waals surface area contributed by atoms with Gasteiger partial charge in [0.15, 0.2) is 5.84 Å². The molecule has 0 bridgehead atoms. The maximum Gasteiger partial charge on any atom is 0.270 e. The highest BCUT2D eigenvalue weighted by Crippen LogP contribution is 2.27. The number of fused-ring (bicyclic) bond motifs is 1. The molecule has 1 amide bonds. The Morgan fingerprint density at radius 3 is 2.32 bits per heavy atom. The lowest BCUT2D eigenvalue weighted by atomic mass is 9.93. The first-order chi connectivity index (χ1) is 18.1. The van der Waals surface area contributed by atoms with Crippen molar-refractivity contribution in [2.45, 2.75) is 25.8 Å². The molecule has 37 heavy (non-hydrogen) atoms. The SMILES string of the molecule is NCCC1CCN(C(=O)c2cc3ccc(/C(N)=N\O)cc3n2Cc2ccc(-c3ccccc3)cc2)CC1. The summed E-state index contributed by atoms with van der Waals surface area (Å²) in [7, 11) is 0. The van der Waals surface area contributed by atoms with E-state index in [0.717, 1.165) is 59.9 Å². The molecule has 5 N–H and O–H groups in total. The molecule has 1 aliphatic rings. The summed E-state index contributed by atoms with van der Waals surface area (Å²) in [4.78, 5) is 15.7. The first-order valence-corrected chi connectivity index (χ1v) is 12.8. The summed E-state index contributed by atoms with van der Waals surface area (Å²) >= 11 is 0. The van der Waals surface area contributed by atoms with Crippen molar-refractivity contribution in [1.29, 1.82) is 0 Å². The average Bonchev–Trinajstić information content (AvgIpc) is 3.31. The number of nitrogens with two attached hydrogens (primary N) is 2. The number of likely N-dealkylation sites (tertiary alicyclic amines) is 1. The Labute approximate surface area is 217 Å². The summed E-state index contributed by atoms with van der Waals surface area (Å²) in [6.45, 7) is 2.71. The van der Waals surface area contributed by atoms with E-state index in [1.807, 2.05) is 47.4 Å². The summed E-state index contributed by atoms with van der Waals surface area (Å²) < 4.78 is 2.05. The van der Waals surface area contributed by atoms with Gasteiger partial charge in [-0.25, -0.2) is 0 Å². The van der Waals surface area contributed by atoms with Crippen LogP contribution in [0.4, 0.5) is 0 Å². The molecule has 0 saturated carbocycles. The Morgan fingerprint density at radius 2 is 1.65 bits per heavy atom. The van der Waals surface area contributed by atoms with Crippen LogP contribution in [0.5, 0.6) is 0 Å². The zero-order chi connectivity index (χ0) is 25.8. The fourth-order valence-electron chi connectivity index (χ4n) is 5.26. The molecule has 7 nitrogen and oxygen atoms in total. The zero-order valence-electron chi connectivity index (χ0n) is 20.9. The Morgan fingerprint density at radius 1 is 0.946 bits per heavy atom. The van der Waals surface area contributed by atoms with Crippen LogP contribution in [-0.4, -0.2) is 46.1 Å². The molecule has 0 unspecified atom stereocenters. The van der Waals surface area contributed by atoms with Crippen LogP contribution in [0.2, 0.25) is 0 Å². The lowest BCUT2D eigenvalue weighted by Gasteiger charge is -2.32. The maximum absolute atomic E-state index is 13.8. The standard InChI is InChI=1S/C30H33N5O2/c31-15-12-21-13-16-34(17-14-21)30(36)28-18-25-10-11-26(29(32)33-37)19-27(25)35(28)20-22-6-8-24(9-7-22)23-4-2-1-3-5-23/h1-11,18-19,21,37H,12-17,20,31H2,(H2,32,33). The number of hydrogen-bond acceptors (Lipinski definition) is 4. The molecule has 0 radical (unpaired) electrons. The van der Waals surface area contributed by atoms with Crippen LogP contribution < -0.4 is 11.5 Å². The lowest BCUT2D eigenvalue weighted by molar-refractivity contribution is 0.0678. The van der Waals surface area contributed by atoms with Crippen molar-refractivity contribution in [3.05, 3.63) is 95.7 Å². The van der Waals surface area contributed by atoms with Gasteiger partial charge in [0.2, 0.25) is 0 Å². The third kappa shape index (κ3) is 5.22. The van der Waals surface area contributed by atoms with Gasteiger partial charge in [0.1, 0.15) is 5.69 Å². The quantitative estimate of drug-likeness (QED) is 0.150. The zero-order valence-corrected chi connectivity index (χ0v) is 20.9. The van der Waals surface area contributed by atoms with E-state index in [4.69, 9.17) is 11.5 Å². The second-order valence-corrected chi connectivity index (χ2v) is 9.75. The second kappa shape index (κ2) is 10.9. The molecule has 5 rings (SSSR count). The van der Waals surface area contributed by atoms with E-state index >= 15 is 0 Å². The number of piperidine rings is 1. The van der Waals surface area contributed by atoms with Gasteiger partial charge >= 0.3 is 0 Å². The van der Waals surface area contributed by atoms with E-state index in [2.05, 4.69) is 46.1 Å². The van der Waals surface area contributed by atoms with Gasteiger partial charge in [-0.3, -0.25) is 4.79 Å². The van der Waals surface area contributed by atoms with Gasteiger partial charge in [0.25, 0.3) is 5.91 Å². The summed E-state index contributed by atoms with van der Waals surface area (Å²) in [5.74, 6) is 0.664. The predicted octanol–water partition coefficient (Wildman–Crippen LogP) is 4.65. The topological polar surface area (TPSA) is 110 Å². The number of hydrogen-bond donors (Lipinski definition) is 3. The first-order valence-electron chi connectivity index (χ1n) is 12.8. The first kappa shape index (κ1) is 24.6. The third-order valence-corrected chi connectivity index (χ3v) is 7.41. The van der Waals surface area contributed by atoms with Crippen molar-refractivity contribution in [3.8, 4) is 11.1 Å². The summed E-state index contributed by atoms with van der Waals surface area (Å²) in [5, 5.41) is 13.3. The summed E-state index contributed by atoms with van der Waals surface area (Å²) in [5.41, 5.74) is 17.2. The summed E-state index contributed by atoms with van der Waals surface area (Å²) in [6.07, 6.45) is 2.98. The van der Waals surface area contributed by atoms with E-state index in [-0.39, 0.29) is 11.7 Å². The summed E-state index contributed by atoms with van der Waals surface area (Å²) in [6, 6.07) is 26.3. The minimum absolute atomic E-state index is 0.0358. The van der Waals surface area contributed by atoms with Crippen LogP contribution in [-0.2, 0) is 6.54 Å². The lowest BCUT2D eigenvalue weighted by Crippen LogP contribution is -2.39. The van der Waals surface area contributed by atoms with Crippen molar-refractivity contribution < 1.29 is 10.0 Å². The number of benzene rings is 3. The van der Waals surface area contributed by atoms with Gasteiger partial charge in [0.05, 0.1) is 0 Å². The number of nitrogens with zero attached hydrogens (tertiary/aromatic N) is 3. The molecule has 3 aromatic carbocycles. The fraction of sp³-hybridized carbons (Fsp3) is 0.267. The molecule has 190 valence electrons.